The fraction of sp³-hybridized carbons (Fsp3) is 0.450. The number of hydrogen-bond donors (Lipinski definition) is 0. The van der Waals surface area contributed by atoms with Crippen molar-refractivity contribution in [2.45, 2.75) is 31.7 Å². The number of likely N-dealkylation sites (tertiary alicyclic amines) is 1. The molecule has 0 aliphatic carbocycles. The summed E-state index contributed by atoms with van der Waals surface area (Å²) in [7, 11) is 3.38. The number of hydrogen-bond acceptors (Lipinski definition) is 5. The van der Waals surface area contributed by atoms with Crippen molar-refractivity contribution >= 4 is 17.5 Å². The van der Waals surface area contributed by atoms with Crippen LogP contribution in [-0.4, -0.2) is 60.6 Å². The second kappa shape index (κ2) is 7.72. The van der Waals surface area contributed by atoms with Gasteiger partial charge in [-0.1, -0.05) is 30.3 Å². The van der Waals surface area contributed by atoms with E-state index in [1.54, 1.807) is 24.1 Å². The van der Waals surface area contributed by atoms with Gasteiger partial charge in [0.15, 0.2) is 5.78 Å². The van der Waals surface area contributed by atoms with Crippen LogP contribution in [-0.2, 0) is 14.3 Å². The van der Waals surface area contributed by atoms with Gasteiger partial charge in [-0.25, -0.2) is 0 Å². The summed E-state index contributed by atoms with van der Waals surface area (Å²) in [6.07, 6.45) is 1.66. The maximum atomic E-state index is 12.9. The van der Waals surface area contributed by atoms with Crippen LogP contribution < -0.4 is 0 Å². The number of methoxy groups -OCH3 is 1. The highest BCUT2D eigenvalue weighted by Crippen LogP contribution is 2.32. The number of carbonyl (C=O) groups excluding carboxylic acids is 3. The van der Waals surface area contributed by atoms with Gasteiger partial charge in [0.2, 0.25) is 0 Å². The van der Waals surface area contributed by atoms with E-state index in [0.29, 0.717) is 55.8 Å². The molecule has 138 valence electrons. The van der Waals surface area contributed by atoms with Crippen LogP contribution in [0.15, 0.2) is 41.8 Å². The van der Waals surface area contributed by atoms with Gasteiger partial charge in [0, 0.05) is 57.4 Å². The maximum absolute atomic E-state index is 12.9. The van der Waals surface area contributed by atoms with E-state index >= 15 is 0 Å². The number of carbonyl (C=O) groups is 3. The van der Waals surface area contributed by atoms with Gasteiger partial charge in [-0.2, -0.15) is 0 Å². The Kier molecular flexibility index (Phi) is 5.40. The minimum Gasteiger partial charge on any atom is -0.499 e. The fourth-order valence-electron chi connectivity index (χ4n) is 3.55. The van der Waals surface area contributed by atoms with Crippen molar-refractivity contribution in [2.24, 2.45) is 0 Å². The summed E-state index contributed by atoms with van der Waals surface area (Å²) < 4.78 is 5.46. The molecule has 0 aromatic heterocycles. The Morgan fingerprint density at radius 1 is 1.15 bits per heavy atom. The van der Waals surface area contributed by atoms with E-state index in [1.165, 1.54) is 0 Å². The molecule has 0 saturated carbocycles. The van der Waals surface area contributed by atoms with E-state index in [9.17, 15) is 14.4 Å². The molecule has 1 saturated heterocycles. The molecule has 6 nitrogen and oxygen atoms in total. The standard InChI is InChI=1S/C20H24N2O4/c1-21-15(12-17(24)14-6-4-3-5-7-14)13-18(26-2)19(21)20(25)22-10-8-16(23)9-11-22/h3-7,15H,8-13H2,1-2H3. The summed E-state index contributed by atoms with van der Waals surface area (Å²) in [5.74, 6) is 0.739. The zero-order chi connectivity index (χ0) is 18.7. The average Bonchev–Trinajstić information content (AvgIpc) is 2.98. The molecule has 2 aliphatic rings. The first-order valence-electron chi connectivity index (χ1n) is 8.90. The highest BCUT2D eigenvalue weighted by molar-refractivity contribution is 5.98. The Hall–Kier alpha value is -2.63. The average molecular weight is 356 g/mol. The number of likely N-dealkylation sites (N-methyl/N-ethyl adjacent to an activating group) is 1. The van der Waals surface area contributed by atoms with E-state index in [1.807, 2.05) is 30.1 Å². The molecule has 0 N–H and O–H groups in total. The lowest BCUT2D eigenvalue weighted by Gasteiger charge is -2.30. The molecule has 0 radical (unpaired) electrons. The van der Waals surface area contributed by atoms with Crippen molar-refractivity contribution in [1.29, 1.82) is 0 Å². The van der Waals surface area contributed by atoms with Crippen LogP contribution in [0.3, 0.4) is 0 Å². The SMILES string of the molecule is COC1=C(C(=O)N2CCC(=O)CC2)N(C)C(CC(=O)c2ccccc2)C1. The summed E-state index contributed by atoms with van der Waals surface area (Å²) in [5.41, 5.74) is 1.18. The van der Waals surface area contributed by atoms with Gasteiger partial charge in [0.25, 0.3) is 5.91 Å². The summed E-state index contributed by atoms with van der Waals surface area (Å²) in [6, 6.07) is 9.07. The maximum Gasteiger partial charge on any atom is 0.273 e. The predicted molar refractivity (Wildman–Crippen MR) is 96.4 cm³/mol. The smallest absolute Gasteiger partial charge is 0.273 e. The van der Waals surface area contributed by atoms with Crippen LogP contribution in [0.1, 0.15) is 36.0 Å². The number of rotatable bonds is 5. The number of Topliss-reactive ketones (excluding diaryl/α,β-unsaturated/α-hetero) is 2. The normalized spacial score (nSPS) is 20.5. The third kappa shape index (κ3) is 3.64. The first kappa shape index (κ1) is 18.2. The molecule has 1 aromatic carbocycles. The van der Waals surface area contributed by atoms with Crippen molar-refractivity contribution in [3.05, 3.63) is 47.4 Å². The lowest BCUT2D eigenvalue weighted by atomic mass is 10.0. The van der Waals surface area contributed by atoms with Crippen LogP contribution >= 0.6 is 0 Å². The van der Waals surface area contributed by atoms with Crippen molar-refractivity contribution in [3.63, 3.8) is 0 Å². The van der Waals surface area contributed by atoms with Crippen LogP contribution in [0.4, 0.5) is 0 Å². The zero-order valence-corrected chi connectivity index (χ0v) is 15.2. The molecule has 0 bridgehead atoms. The van der Waals surface area contributed by atoms with E-state index < -0.39 is 0 Å². The minimum atomic E-state index is -0.119. The molecule has 2 aliphatic heterocycles. The molecular weight excluding hydrogens is 332 g/mol. The Bertz CT molecular complexity index is 731. The summed E-state index contributed by atoms with van der Waals surface area (Å²) >= 11 is 0. The molecule has 3 rings (SSSR count). The molecule has 26 heavy (non-hydrogen) atoms. The van der Waals surface area contributed by atoms with Crippen LogP contribution in [0.2, 0.25) is 0 Å². The zero-order valence-electron chi connectivity index (χ0n) is 15.2. The quantitative estimate of drug-likeness (QED) is 0.755. The molecule has 6 heteroatoms. The largest absolute Gasteiger partial charge is 0.499 e. The van der Waals surface area contributed by atoms with E-state index in [-0.39, 0.29) is 23.5 Å². The number of benzene rings is 1. The predicted octanol–water partition coefficient (Wildman–Crippen LogP) is 2.01. The van der Waals surface area contributed by atoms with Crippen molar-refractivity contribution < 1.29 is 19.1 Å². The van der Waals surface area contributed by atoms with Crippen molar-refractivity contribution in [1.82, 2.24) is 9.80 Å². The monoisotopic (exact) mass is 356 g/mol. The Balaban J connectivity index is 1.71. The van der Waals surface area contributed by atoms with Gasteiger partial charge in [-0.3, -0.25) is 14.4 Å². The Morgan fingerprint density at radius 3 is 2.42 bits per heavy atom. The first-order valence-corrected chi connectivity index (χ1v) is 8.90. The molecule has 0 spiro atoms. The van der Waals surface area contributed by atoms with E-state index in [2.05, 4.69) is 0 Å². The van der Waals surface area contributed by atoms with Gasteiger partial charge >= 0.3 is 0 Å². The fourth-order valence-corrected chi connectivity index (χ4v) is 3.55. The van der Waals surface area contributed by atoms with E-state index in [0.717, 1.165) is 0 Å². The van der Waals surface area contributed by atoms with Gasteiger partial charge in [0.05, 0.1) is 7.11 Å². The summed E-state index contributed by atoms with van der Waals surface area (Å²) in [5, 5.41) is 0. The van der Waals surface area contributed by atoms with E-state index in [4.69, 9.17) is 4.74 Å². The lowest BCUT2D eigenvalue weighted by Crippen LogP contribution is -2.43. The highest BCUT2D eigenvalue weighted by Gasteiger charge is 2.37. The number of amides is 1. The minimum absolute atomic E-state index is 0.0511. The topological polar surface area (TPSA) is 66.9 Å². The van der Waals surface area contributed by atoms with Gasteiger partial charge in [0.1, 0.15) is 17.2 Å². The lowest BCUT2D eigenvalue weighted by molar-refractivity contribution is -0.132. The number of piperidine rings is 1. The second-order valence-corrected chi connectivity index (χ2v) is 6.77. The van der Waals surface area contributed by atoms with Crippen LogP contribution in [0.5, 0.6) is 0 Å². The molecule has 1 aromatic rings. The van der Waals surface area contributed by atoms with Crippen molar-refractivity contribution in [2.75, 3.05) is 27.2 Å². The molecular formula is C20H24N2O4. The Morgan fingerprint density at radius 2 is 1.81 bits per heavy atom. The van der Waals surface area contributed by atoms with Gasteiger partial charge in [-0.15, -0.1) is 0 Å². The molecule has 1 atom stereocenters. The third-order valence-corrected chi connectivity index (χ3v) is 5.16. The number of nitrogens with zero attached hydrogens (tertiary/aromatic N) is 2. The number of ketones is 2. The Labute approximate surface area is 153 Å². The molecule has 1 fully saturated rings. The summed E-state index contributed by atoms with van der Waals surface area (Å²) in [6.45, 7) is 0.888. The third-order valence-electron chi connectivity index (χ3n) is 5.16. The van der Waals surface area contributed by atoms with Crippen molar-refractivity contribution in [3.8, 4) is 0 Å². The number of ether oxygens (including phenoxy) is 1. The van der Waals surface area contributed by atoms with Gasteiger partial charge in [-0.05, 0) is 0 Å². The van der Waals surface area contributed by atoms with Crippen LogP contribution in [0, 0.1) is 0 Å². The first-order chi connectivity index (χ1) is 12.5. The molecule has 2 heterocycles. The molecule has 1 amide bonds. The second-order valence-electron chi connectivity index (χ2n) is 6.77. The molecule has 1 unspecified atom stereocenters. The van der Waals surface area contributed by atoms with Crippen LogP contribution in [0.25, 0.3) is 0 Å². The summed E-state index contributed by atoms with van der Waals surface area (Å²) in [4.78, 5) is 40.5. The van der Waals surface area contributed by atoms with Gasteiger partial charge < -0.3 is 14.5 Å². The highest BCUT2D eigenvalue weighted by atomic mass is 16.5.